The van der Waals surface area contributed by atoms with E-state index in [1.54, 1.807) is 19.2 Å². The van der Waals surface area contributed by atoms with Crippen molar-refractivity contribution in [2.24, 2.45) is 16.1 Å². The summed E-state index contributed by atoms with van der Waals surface area (Å²) in [4.78, 5) is 55.0. The van der Waals surface area contributed by atoms with Crippen molar-refractivity contribution in [2.75, 3.05) is 57.8 Å². The van der Waals surface area contributed by atoms with Gasteiger partial charge in [0.05, 0.1) is 24.5 Å². The maximum Gasteiger partial charge on any atom is 0.243 e. The van der Waals surface area contributed by atoms with Gasteiger partial charge in [-0.05, 0) is 55.2 Å². The highest BCUT2D eigenvalue weighted by Gasteiger charge is 2.38. The largest absolute Gasteiger partial charge is 0.390 e. The first-order chi connectivity index (χ1) is 19.7. The Balaban J connectivity index is 0.000000696. The number of nitrogens with two attached hydrogens (primary N) is 1. The van der Waals surface area contributed by atoms with Crippen LogP contribution in [0.4, 0.5) is 10.1 Å². The average Bonchev–Trinajstić information content (AvgIpc) is 3.42. The van der Waals surface area contributed by atoms with E-state index in [9.17, 15) is 19.2 Å². The lowest BCUT2D eigenvalue weighted by Crippen LogP contribution is -2.51. The van der Waals surface area contributed by atoms with Crippen LogP contribution in [0.25, 0.3) is 0 Å². The molecule has 0 bridgehead atoms. The van der Waals surface area contributed by atoms with E-state index in [1.165, 1.54) is 38.7 Å². The molecule has 3 fully saturated rings. The Bertz CT molecular complexity index is 1070. The maximum atomic E-state index is 15.0. The summed E-state index contributed by atoms with van der Waals surface area (Å²) in [5.41, 5.74) is 6.33. The molecule has 2 heterocycles. The van der Waals surface area contributed by atoms with Gasteiger partial charge in [-0.2, -0.15) is 0 Å². The molecule has 3 aliphatic rings. The number of carbonyl (C=O) groups excluding carboxylic acids is 4. The number of aldehydes is 1. The number of aliphatic imine (C=N–C) groups is 1. The maximum absolute atomic E-state index is 15.0. The molecule has 1 aliphatic carbocycles. The molecule has 1 saturated carbocycles. The minimum absolute atomic E-state index is 0.218. The van der Waals surface area contributed by atoms with Crippen LogP contribution >= 0.6 is 0 Å². The van der Waals surface area contributed by atoms with Crippen molar-refractivity contribution in [1.29, 1.82) is 0 Å². The van der Waals surface area contributed by atoms with E-state index in [0.29, 0.717) is 55.8 Å². The van der Waals surface area contributed by atoms with E-state index in [-0.39, 0.29) is 30.0 Å². The van der Waals surface area contributed by atoms with E-state index < -0.39 is 5.92 Å². The monoisotopic (exact) mass is 572 g/mol. The summed E-state index contributed by atoms with van der Waals surface area (Å²) in [7, 11) is 1.54. The number of likely N-dealkylation sites (N-methyl/N-ethyl adjacent to an activating group) is 1. The van der Waals surface area contributed by atoms with Gasteiger partial charge in [0.2, 0.25) is 17.7 Å². The Morgan fingerprint density at radius 3 is 2.24 bits per heavy atom. The van der Waals surface area contributed by atoms with Gasteiger partial charge in [0.1, 0.15) is 12.1 Å². The summed E-state index contributed by atoms with van der Waals surface area (Å²) in [5.74, 6) is -1.17. The number of halogens is 1. The molecule has 1 unspecified atom stereocenters. The van der Waals surface area contributed by atoms with Gasteiger partial charge in [-0.15, -0.1) is 0 Å². The third-order valence-electron chi connectivity index (χ3n) is 8.68. The lowest BCUT2D eigenvalue weighted by molar-refractivity contribution is -0.134. The number of carbonyl (C=O) groups is 4. The summed E-state index contributed by atoms with van der Waals surface area (Å²) in [6.45, 7) is 6.28. The normalized spacial score (nSPS) is 19.5. The zero-order chi connectivity index (χ0) is 29.8. The second-order valence-corrected chi connectivity index (χ2v) is 11.3. The molecule has 1 spiro atoms. The van der Waals surface area contributed by atoms with Crippen molar-refractivity contribution in [3.8, 4) is 0 Å². The zero-order valence-electron chi connectivity index (χ0n) is 24.4. The highest BCUT2D eigenvalue weighted by molar-refractivity contribution is 5.84. The highest BCUT2D eigenvalue weighted by Crippen LogP contribution is 2.46. The molecule has 1 atom stereocenters. The number of benzene rings is 1. The Kier molecular flexibility index (Phi) is 12.2. The van der Waals surface area contributed by atoms with Crippen molar-refractivity contribution < 1.29 is 23.6 Å². The van der Waals surface area contributed by atoms with Crippen LogP contribution in [-0.4, -0.2) is 93.0 Å². The molecule has 41 heavy (non-hydrogen) atoms. The van der Waals surface area contributed by atoms with Gasteiger partial charge in [0, 0.05) is 59.7 Å². The predicted octanol–water partition coefficient (Wildman–Crippen LogP) is 2.46. The zero-order valence-corrected chi connectivity index (χ0v) is 24.4. The molecule has 11 heteroatoms. The molecule has 10 nitrogen and oxygen atoms in total. The smallest absolute Gasteiger partial charge is 0.243 e. The van der Waals surface area contributed by atoms with Crippen LogP contribution in [0.3, 0.4) is 0 Å². The Morgan fingerprint density at radius 1 is 1.07 bits per heavy atom. The molecule has 226 valence electrons. The van der Waals surface area contributed by atoms with Crippen molar-refractivity contribution in [2.45, 2.75) is 64.2 Å². The Labute approximate surface area is 242 Å². The SMILES string of the molecule is CC(=O)N=CN.CNC(=O)C(CCC=O)c1ccc(N2CCN(CC(=O)N3CCC4(CCCC4)CC3)CC2)c(F)c1. The number of rotatable bonds is 8. The van der Waals surface area contributed by atoms with Crippen LogP contribution in [0.1, 0.15) is 69.8 Å². The summed E-state index contributed by atoms with van der Waals surface area (Å²) in [6.07, 6.45) is 10.0. The Morgan fingerprint density at radius 2 is 1.73 bits per heavy atom. The van der Waals surface area contributed by atoms with Crippen LogP contribution in [-0.2, 0) is 19.2 Å². The van der Waals surface area contributed by atoms with Gasteiger partial charge in [-0.3, -0.25) is 19.3 Å². The number of piperazine rings is 1. The topological polar surface area (TPSA) is 128 Å². The summed E-state index contributed by atoms with van der Waals surface area (Å²) in [6, 6.07) is 4.94. The third-order valence-corrected chi connectivity index (χ3v) is 8.68. The number of likely N-dealkylation sites (tertiary alicyclic amines) is 1. The van der Waals surface area contributed by atoms with Crippen LogP contribution in [0.5, 0.6) is 0 Å². The van der Waals surface area contributed by atoms with Gasteiger partial charge in [-0.1, -0.05) is 18.9 Å². The molecule has 2 saturated heterocycles. The summed E-state index contributed by atoms with van der Waals surface area (Å²) >= 11 is 0. The lowest BCUT2D eigenvalue weighted by atomic mass is 9.77. The fraction of sp³-hybridized carbons (Fsp3) is 0.633. The highest BCUT2D eigenvalue weighted by atomic mass is 19.1. The van der Waals surface area contributed by atoms with E-state index in [0.717, 1.165) is 38.6 Å². The molecule has 0 radical (unpaired) electrons. The van der Waals surface area contributed by atoms with Crippen molar-refractivity contribution in [3.05, 3.63) is 29.6 Å². The second-order valence-electron chi connectivity index (χ2n) is 11.3. The molecule has 3 N–H and O–H groups in total. The van der Waals surface area contributed by atoms with Crippen molar-refractivity contribution in [3.63, 3.8) is 0 Å². The first-order valence-corrected chi connectivity index (χ1v) is 14.7. The quantitative estimate of drug-likeness (QED) is 0.278. The van der Waals surface area contributed by atoms with E-state index in [4.69, 9.17) is 5.73 Å². The molecule has 0 aromatic heterocycles. The molecule has 4 rings (SSSR count). The molecular weight excluding hydrogens is 527 g/mol. The number of nitrogens with zero attached hydrogens (tertiary/aromatic N) is 4. The predicted molar refractivity (Wildman–Crippen MR) is 157 cm³/mol. The van der Waals surface area contributed by atoms with Crippen LogP contribution in [0.2, 0.25) is 0 Å². The third kappa shape index (κ3) is 9.08. The van der Waals surface area contributed by atoms with Crippen molar-refractivity contribution >= 4 is 36.0 Å². The standard InChI is InChI=1S/C27H39FN4O3.C3H6N2O/c1-29-26(35)22(5-4-18-33)21-6-7-24(23(28)19-21)31-16-14-30(15-17-31)20-25(34)32-12-10-27(11-13-32)8-2-3-9-27;1-3(6)5-2-4/h6-7,18-19,22H,2-5,8-17,20H2,1H3,(H,29,35);2H,1H3,(H2,4,5,6). The van der Waals surface area contributed by atoms with E-state index >= 15 is 4.39 Å². The van der Waals surface area contributed by atoms with Crippen LogP contribution < -0.4 is 16.0 Å². The first-order valence-electron chi connectivity index (χ1n) is 14.7. The molecule has 2 aliphatic heterocycles. The molecule has 1 aromatic carbocycles. The average molecular weight is 573 g/mol. The van der Waals surface area contributed by atoms with Gasteiger partial charge in [-0.25, -0.2) is 9.38 Å². The van der Waals surface area contributed by atoms with Gasteiger partial charge in [0.15, 0.2) is 0 Å². The number of amides is 3. The number of piperidine rings is 1. The van der Waals surface area contributed by atoms with E-state index in [1.807, 2.05) is 9.80 Å². The number of nitrogens with one attached hydrogen (secondary N) is 1. The number of hydrogen-bond acceptors (Lipinski definition) is 6. The van der Waals surface area contributed by atoms with Gasteiger partial charge < -0.3 is 25.6 Å². The lowest BCUT2D eigenvalue weighted by Gasteiger charge is -2.41. The van der Waals surface area contributed by atoms with Gasteiger partial charge in [0.25, 0.3) is 0 Å². The fourth-order valence-electron chi connectivity index (χ4n) is 6.25. The fourth-order valence-corrected chi connectivity index (χ4v) is 6.25. The molecular formula is C30H45FN6O4. The summed E-state index contributed by atoms with van der Waals surface area (Å²) in [5, 5.41) is 2.60. The minimum Gasteiger partial charge on any atom is -0.390 e. The van der Waals surface area contributed by atoms with Gasteiger partial charge >= 0.3 is 0 Å². The van der Waals surface area contributed by atoms with Crippen LogP contribution in [0.15, 0.2) is 23.2 Å². The second kappa shape index (κ2) is 15.6. The molecule has 3 amide bonds. The minimum atomic E-state index is -0.546. The van der Waals surface area contributed by atoms with Crippen molar-refractivity contribution in [1.82, 2.24) is 15.1 Å². The Hall–Kier alpha value is -3.34. The first kappa shape index (κ1) is 32.2. The molecule has 1 aromatic rings. The summed E-state index contributed by atoms with van der Waals surface area (Å²) < 4.78 is 15.0. The number of hydrogen-bond donors (Lipinski definition) is 2. The van der Waals surface area contributed by atoms with Crippen LogP contribution in [0, 0.1) is 11.2 Å². The number of anilines is 1. The van der Waals surface area contributed by atoms with E-state index in [2.05, 4.69) is 15.2 Å².